The molecule has 0 saturated carbocycles. The quantitative estimate of drug-likeness (QED) is 0.822. The van der Waals surface area contributed by atoms with E-state index in [0.29, 0.717) is 21.2 Å². The highest BCUT2D eigenvalue weighted by Crippen LogP contribution is 2.25. The van der Waals surface area contributed by atoms with Gasteiger partial charge in [-0.2, -0.15) is 0 Å². The first kappa shape index (κ1) is 18.2. The highest BCUT2D eigenvalue weighted by atomic mass is 35.5. The van der Waals surface area contributed by atoms with Gasteiger partial charge in [0.2, 0.25) is 11.8 Å². The Bertz CT molecular complexity index is 731. The number of halogens is 3. The van der Waals surface area contributed by atoms with Crippen LogP contribution in [0.5, 0.6) is 0 Å². The molecule has 0 aliphatic rings. The molecule has 0 bridgehead atoms. The van der Waals surface area contributed by atoms with Crippen molar-refractivity contribution in [3.63, 3.8) is 0 Å². The number of nitrogens with one attached hydrogen (secondary N) is 1. The van der Waals surface area contributed by atoms with Gasteiger partial charge in [0.25, 0.3) is 0 Å². The smallest absolute Gasteiger partial charge is 0.240 e. The van der Waals surface area contributed by atoms with E-state index in [0.717, 1.165) is 0 Å². The van der Waals surface area contributed by atoms with E-state index >= 15 is 0 Å². The molecular formula is C17H15Cl2FN2O2. The number of primary amides is 1. The number of hydrogen-bond donors (Lipinski definition) is 2. The normalized spacial score (nSPS) is 11.8. The first-order valence-electron chi connectivity index (χ1n) is 7.13. The highest BCUT2D eigenvalue weighted by molar-refractivity contribution is 6.36. The molecule has 0 spiro atoms. The second-order valence-electron chi connectivity index (χ2n) is 5.23. The van der Waals surface area contributed by atoms with Crippen molar-refractivity contribution in [1.82, 2.24) is 5.32 Å². The van der Waals surface area contributed by atoms with Crippen LogP contribution in [0, 0.1) is 5.82 Å². The predicted molar refractivity (Wildman–Crippen MR) is 91.4 cm³/mol. The lowest BCUT2D eigenvalue weighted by Crippen LogP contribution is -2.46. The Hall–Kier alpha value is -2.11. The van der Waals surface area contributed by atoms with Crippen molar-refractivity contribution in [2.75, 3.05) is 0 Å². The van der Waals surface area contributed by atoms with Crippen molar-refractivity contribution in [2.24, 2.45) is 5.73 Å². The lowest BCUT2D eigenvalue weighted by molar-refractivity contribution is -0.127. The highest BCUT2D eigenvalue weighted by Gasteiger charge is 2.21. The molecule has 0 radical (unpaired) electrons. The predicted octanol–water partition coefficient (Wildman–Crippen LogP) is 2.89. The van der Waals surface area contributed by atoms with Gasteiger partial charge in [-0.3, -0.25) is 9.59 Å². The lowest BCUT2D eigenvalue weighted by Gasteiger charge is -2.17. The summed E-state index contributed by atoms with van der Waals surface area (Å²) >= 11 is 12.1. The Morgan fingerprint density at radius 3 is 2.21 bits per heavy atom. The molecule has 0 fully saturated rings. The van der Waals surface area contributed by atoms with Crippen LogP contribution in [-0.2, 0) is 22.4 Å². The monoisotopic (exact) mass is 368 g/mol. The van der Waals surface area contributed by atoms with Gasteiger partial charge in [-0.1, -0.05) is 41.4 Å². The summed E-state index contributed by atoms with van der Waals surface area (Å²) in [5, 5.41) is 3.34. The molecule has 24 heavy (non-hydrogen) atoms. The maximum absolute atomic E-state index is 12.9. The van der Waals surface area contributed by atoms with Gasteiger partial charge in [0.05, 0.1) is 6.42 Å². The summed E-state index contributed by atoms with van der Waals surface area (Å²) in [7, 11) is 0. The number of carbonyl (C=O) groups is 2. The number of benzene rings is 2. The molecule has 0 aliphatic carbocycles. The summed E-state index contributed by atoms with van der Waals surface area (Å²) in [6.45, 7) is 0. The summed E-state index contributed by atoms with van der Waals surface area (Å²) < 4.78 is 12.9. The van der Waals surface area contributed by atoms with Crippen LogP contribution >= 0.6 is 23.2 Å². The molecular weight excluding hydrogens is 354 g/mol. The molecule has 0 unspecified atom stereocenters. The van der Waals surface area contributed by atoms with E-state index in [2.05, 4.69) is 5.32 Å². The third kappa shape index (κ3) is 4.94. The fourth-order valence-electron chi connectivity index (χ4n) is 2.19. The van der Waals surface area contributed by atoms with Gasteiger partial charge in [-0.05, 0) is 35.4 Å². The van der Waals surface area contributed by atoms with E-state index in [9.17, 15) is 14.0 Å². The number of hydrogen-bond acceptors (Lipinski definition) is 2. The van der Waals surface area contributed by atoms with Crippen molar-refractivity contribution < 1.29 is 14.0 Å². The minimum Gasteiger partial charge on any atom is -0.368 e. The summed E-state index contributed by atoms with van der Waals surface area (Å²) in [4.78, 5) is 23.7. The van der Waals surface area contributed by atoms with E-state index < -0.39 is 17.9 Å². The zero-order chi connectivity index (χ0) is 17.7. The molecule has 0 aromatic heterocycles. The van der Waals surface area contributed by atoms with E-state index in [1.165, 1.54) is 24.3 Å². The zero-order valence-electron chi connectivity index (χ0n) is 12.6. The van der Waals surface area contributed by atoms with E-state index in [1.54, 1.807) is 18.2 Å². The van der Waals surface area contributed by atoms with Crippen molar-refractivity contribution in [3.8, 4) is 0 Å². The summed E-state index contributed by atoms with van der Waals surface area (Å²) in [5.74, 6) is -1.49. The number of carbonyl (C=O) groups excluding carboxylic acids is 2. The second kappa shape index (κ2) is 8.13. The molecule has 0 aliphatic heterocycles. The van der Waals surface area contributed by atoms with Crippen LogP contribution in [0.3, 0.4) is 0 Å². The Kier molecular flexibility index (Phi) is 6.17. The summed E-state index contributed by atoms with van der Waals surface area (Å²) in [6, 6.07) is 9.53. The van der Waals surface area contributed by atoms with Gasteiger partial charge < -0.3 is 11.1 Å². The summed E-state index contributed by atoms with van der Waals surface area (Å²) in [5.41, 5.74) is 6.51. The Labute approximate surface area is 148 Å². The van der Waals surface area contributed by atoms with Crippen LogP contribution in [0.1, 0.15) is 11.1 Å². The fraction of sp³-hybridized carbons (Fsp3) is 0.176. The lowest BCUT2D eigenvalue weighted by atomic mass is 10.0. The standard InChI is InChI=1S/C17H15Cl2FN2O2/c18-13-2-1-3-14(19)12(13)9-15(17(21)24)22-16(23)8-10-4-6-11(20)7-5-10/h1-7,15H,8-9H2,(H2,21,24)(H,22,23)/t15-/m1/s1. The van der Waals surface area contributed by atoms with Crippen molar-refractivity contribution in [2.45, 2.75) is 18.9 Å². The molecule has 7 heteroatoms. The van der Waals surface area contributed by atoms with Crippen LogP contribution in [0.25, 0.3) is 0 Å². The third-order valence-corrected chi connectivity index (χ3v) is 4.13. The first-order valence-corrected chi connectivity index (χ1v) is 7.88. The van der Waals surface area contributed by atoms with Gasteiger partial charge >= 0.3 is 0 Å². The Morgan fingerprint density at radius 1 is 1.08 bits per heavy atom. The molecule has 2 aromatic carbocycles. The van der Waals surface area contributed by atoms with Crippen molar-refractivity contribution in [1.29, 1.82) is 0 Å². The van der Waals surface area contributed by atoms with E-state index in [-0.39, 0.29) is 18.7 Å². The van der Waals surface area contributed by atoms with E-state index in [4.69, 9.17) is 28.9 Å². The molecule has 3 N–H and O–H groups in total. The van der Waals surface area contributed by atoms with Gasteiger partial charge in [0.1, 0.15) is 11.9 Å². The van der Waals surface area contributed by atoms with Gasteiger partial charge in [0, 0.05) is 16.5 Å². The Morgan fingerprint density at radius 2 is 1.67 bits per heavy atom. The summed E-state index contributed by atoms with van der Waals surface area (Å²) in [6.07, 6.45) is 0.0866. The van der Waals surface area contributed by atoms with Crippen LogP contribution in [0.15, 0.2) is 42.5 Å². The second-order valence-corrected chi connectivity index (χ2v) is 6.04. The average molecular weight is 369 g/mol. The molecule has 1 atom stereocenters. The number of rotatable bonds is 6. The van der Waals surface area contributed by atoms with Crippen LogP contribution in [-0.4, -0.2) is 17.9 Å². The third-order valence-electron chi connectivity index (χ3n) is 3.43. The largest absolute Gasteiger partial charge is 0.368 e. The van der Waals surface area contributed by atoms with E-state index in [1.807, 2.05) is 0 Å². The molecule has 0 heterocycles. The fourth-order valence-corrected chi connectivity index (χ4v) is 2.74. The molecule has 2 rings (SSSR count). The minimum absolute atomic E-state index is 0.000311. The van der Waals surface area contributed by atoms with Crippen molar-refractivity contribution in [3.05, 3.63) is 69.5 Å². The first-order chi connectivity index (χ1) is 11.4. The van der Waals surface area contributed by atoms with Crippen LogP contribution in [0.4, 0.5) is 4.39 Å². The molecule has 126 valence electrons. The maximum Gasteiger partial charge on any atom is 0.240 e. The van der Waals surface area contributed by atoms with Gasteiger partial charge in [-0.15, -0.1) is 0 Å². The number of nitrogens with two attached hydrogens (primary N) is 1. The molecule has 0 saturated heterocycles. The Balaban J connectivity index is 2.07. The van der Waals surface area contributed by atoms with Gasteiger partial charge in [0.15, 0.2) is 0 Å². The average Bonchev–Trinajstić information content (AvgIpc) is 2.52. The number of amides is 2. The molecule has 4 nitrogen and oxygen atoms in total. The SMILES string of the molecule is NC(=O)[C@@H](Cc1c(Cl)cccc1Cl)NC(=O)Cc1ccc(F)cc1. The van der Waals surface area contributed by atoms with Crippen molar-refractivity contribution >= 4 is 35.0 Å². The van der Waals surface area contributed by atoms with Gasteiger partial charge in [-0.25, -0.2) is 4.39 Å². The maximum atomic E-state index is 12.9. The van der Waals surface area contributed by atoms with Crippen LogP contribution < -0.4 is 11.1 Å². The zero-order valence-corrected chi connectivity index (χ0v) is 14.1. The molecule has 2 amide bonds. The van der Waals surface area contributed by atoms with Crippen LogP contribution in [0.2, 0.25) is 10.0 Å². The minimum atomic E-state index is -0.949. The molecule has 2 aromatic rings. The topological polar surface area (TPSA) is 72.2 Å².